The van der Waals surface area contributed by atoms with Crippen molar-refractivity contribution >= 4 is 11.7 Å². The van der Waals surface area contributed by atoms with Crippen LogP contribution in [0, 0.1) is 0 Å². The predicted octanol–water partition coefficient (Wildman–Crippen LogP) is 1.19. The minimum atomic E-state index is -0.648. The van der Waals surface area contributed by atoms with Gasteiger partial charge >= 0.3 is 0 Å². The smallest absolute Gasteiger partial charge is 0.216 e. The molecular weight excluding hydrogens is 206 g/mol. The topological polar surface area (TPSA) is 66.4 Å². The molecule has 0 heterocycles. The second-order valence-corrected chi connectivity index (χ2v) is 3.78. The van der Waals surface area contributed by atoms with E-state index in [2.05, 4.69) is 5.32 Å². The number of aliphatic hydroxyl groups is 1. The number of allylic oxidation sites excluding steroid dienone is 2. The van der Waals surface area contributed by atoms with Gasteiger partial charge in [-0.3, -0.25) is 9.59 Å². The van der Waals surface area contributed by atoms with E-state index in [4.69, 9.17) is 0 Å². The average molecular weight is 227 g/mol. The number of Topliss-reactive ketones (excluding diaryl/α,β-unsaturated/α-hetero) is 1. The zero-order valence-electron chi connectivity index (χ0n) is 10.0. The van der Waals surface area contributed by atoms with E-state index in [1.807, 2.05) is 19.1 Å². The molecular formula is C12H21NO3. The molecule has 0 rings (SSSR count). The minimum Gasteiger partial charge on any atom is -0.393 e. The van der Waals surface area contributed by atoms with Gasteiger partial charge < -0.3 is 10.4 Å². The lowest BCUT2D eigenvalue weighted by molar-refractivity contribution is -0.120. The Morgan fingerprint density at radius 1 is 1.44 bits per heavy atom. The van der Waals surface area contributed by atoms with E-state index in [1.54, 1.807) is 0 Å². The first-order valence-corrected chi connectivity index (χ1v) is 5.61. The summed E-state index contributed by atoms with van der Waals surface area (Å²) < 4.78 is 0. The van der Waals surface area contributed by atoms with Crippen LogP contribution in [0.5, 0.6) is 0 Å². The Kier molecular flexibility index (Phi) is 8.43. The predicted molar refractivity (Wildman–Crippen MR) is 63.0 cm³/mol. The number of hydrogen-bond acceptors (Lipinski definition) is 3. The molecule has 0 fully saturated rings. The summed E-state index contributed by atoms with van der Waals surface area (Å²) in [4.78, 5) is 21.9. The van der Waals surface area contributed by atoms with Gasteiger partial charge in [0.05, 0.1) is 6.10 Å². The van der Waals surface area contributed by atoms with Crippen LogP contribution in [0.15, 0.2) is 12.2 Å². The molecule has 0 aliphatic rings. The maximum Gasteiger partial charge on any atom is 0.216 e. The van der Waals surface area contributed by atoms with Gasteiger partial charge in [-0.05, 0) is 19.8 Å². The number of amides is 1. The SMILES string of the molecule is C/C=C/CCC(=O)C[C@H](O)CCNC(C)=O. The summed E-state index contributed by atoms with van der Waals surface area (Å²) in [6.07, 6.45) is 4.99. The highest BCUT2D eigenvalue weighted by Gasteiger charge is 2.09. The summed E-state index contributed by atoms with van der Waals surface area (Å²) in [6.45, 7) is 3.75. The van der Waals surface area contributed by atoms with Gasteiger partial charge in [-0.1, -0.05) is 12.2 Å². The Labute approximate surface area is 96.7 Å². The van der Waals surface area contributed by atoms with Crippen LogP contribution in [0.25, 0.3) is 0 Å². The third-order valence-electron chi connectivity index (χ3n) is 2.14. The zero-order valence-corrected chi connectivity index (χ0v) is 10.0. The van der Waals surface area contributed by atoms with Crippen molar-refractivity contribution in [3.63, 3.8) is 0 Å². The van der Waals surface area contributed by atoms with Gasteiger partial charge in [-0.15, -0.1) is 0 Å². The molecule has 0 aromatic carbocycles. The molecule has 4 nitrogen and oxygen atoms in total. The third-order valence-corrected chi connectivity index (χ3v) is 2.14. The fourth-order valence-electron chi connectivity index (χ4n) is 1.29. The lowest BCUT2D eigenvalue weighted by Crippen LogP contribution is -2.25. The minimum absolute atomic E-state index is 0.0634. The van der Waals surface area contributed by atoms with E-state index < -0.39 is 6.10 Å². The van der Waals surface area contributed by atoms with Crippen molar-refractivity contribution in [2.45, 2.75) is 45.6 Å². The van der Waals surface area contributed by atoms with Gasteiger partial charge in [0.15, 0.2) is 0 Å². The lowest BCUT2D eigenvalue weighted by Gasteiger charge is -2.09. The van der Waals surface area contributed by atoms with Gasteiger partial charge in [-0.25, -0.2) is 0 Å². The molecule has 0 saturated heterocycles. The van der Waals surface area contributed by atoms with Gasteiger partial charge in [0.1, 0.15) is 5.78 Å². The molecule has 92 valence electrons. The highest BCUT2D eigenvalue weighted by atomic mass is 16.3. The van der Waals surface area contributed by atoms with Crippen LogP contribution in [0.2, 0.25) is 0 Å². The fourth-order valence-corrected chi connectivity index (χ4v) is 1.29. The maximum atomic E-state index is 11.3. The number of nitrogens with one attached hydrogen (secondary N) is 1. The Hall–Kier alpha value is -1.16. The monoisotopic (exact) mass is 227 g/mol. The van der Waals surface area contributed by atoms with E-state index in [0.717, 1.165) is 6.42 Å². The molecule has 0 unspecified atom stereocenters. The standard InChI is InChI=1S/C12H21NO3/c1-3-4-5-6-11(15)9-12(16)7-8-13-10(2)14/h3-4,12,16H,5-9H2,1-2H3,(H,13,14)/b4-3+/t12-/m1/s1. The van der Waals surface area contributed by atoms with Crippen LogP contribution in [0.4, 0.5) is 0 Å². The molecule has 1 atom stereocenters. The molecule has 1 amide bonds. The van der Waals surface area contributed by atoms with Gasteiger partial charge in [0.2, 0.25) is 5.91 Å². The number of carbonyl (C=O) groups is 2. The number of ketones is 1. The van der Waals surface area contributed by atoms with Crippen molar-refractivity contribution in [3.05, 3.63) is 12.2 Å². The molecule has 0 saturated carbocycles. The van der Waals surface area contributed by atoms with Crippen molar-refractivity contribution < 1.29 is 14.7 Å². The van der Waals surface area contributed by atoms with E-state index in [0.29, 0.717) is 19.4 Å². The summed E-state index contributed by atoms with van der Waals surface area (Å²) in [5.74, 6) is -0.0555. The highest BCUT2D eigenvalue weighted by molar-refractivity contribution is 5.79. The van der Waals surface area contributed by atoms with Gasteiger partial charge in [0.25, 0.3) is 0 Å². The molecule has 0 aromatic rings. The average Bonchev–Trinajstić information content (AvgIpc) is 2.17. The number of carbonyl (C=O) groups excluding carboxylic acids is 2. The number of aliphatic hydroxyl groups excluding tert-OH is 1. The normalized spacial score (nSPS) is 12.7. The van der Waals surface area contributed by atoms with Crippen molar-refractivity contribution in [2.75, 3.05) is 6.54 Å². The Bertz CT molecular complexity index is 249. The summed E-state index contributed by atoms with van der Waals surface area (Å²) in [5, 5.41) is 12.1. The number of rotatable bonds is 8. The molecule has 0 aliphatic carbocycles. The van der Waals surface area contributed by atoms with Crippen molar-refractivity contribution in [2.24, 2.45) is 0 Å². The second kappa shape index (κ2) is 9.09. The quantitative estimate of drug-likeness (QED) is 0.612. The van der Waals surface area contributed by atoms with Crippen LogP contribution in [0.1, 0.15) is 39.5 Å². The molecule has 0 aromatic heterocycles. The second-order valence-electron chi connectivity index (χ2n) is 3.78. The summed E-state index contributed by atoms with van der Waals surface area (Å²) in [6, 6.07) is 0. The zero-order chi connectivity index (χ0) is 12.4. The first kappa shape index (κ1) is 14.8. The molecule has 0 radical (unpaired) electrons. The summed E-state index contributed by atoms with van der Waals surface area (Å²) in [7, 11) is 0. The Balaban J connectivity index is 3.57. The van der Waals surface area contributed by atoms with Crippen molar-refractivity contribution in [1.82, 2.24) is 5.32 Å². The van der Waals surface area contributed by atoms with Crippen molar-refractivity contribution in [3.8, 4) is 0 Å². The largest absolute Gasteiger partial charge is 0.393 e. The molecule has 0 bridgehead atoms. The molecule has 0 spiro atoms. The molecule has 4 heteroatoms. The summed E-state index contributed by atoms with van der Waals surface area (Å²) >= 11 is 0. The van der Waals surface area contributed by atoms with E-state index in [-0.39, 0.29) is 18.1 Å². The van der Waals surface area contributed by atoms with Gasteiger partial charge in [0, 0.05) is 26.3 Å². The van der Waals surface area contributed by atoms with E-state index >= 15 is 0 Å². The molecule has 0 aliphatic heterocycles. The van der Waals surface area contributed by atoms with Crippen LogP contribution < -0.4 is 5.32 Å². The van der Waals surface area contributed by atoms with Crippen molar-refractivity contribution in [1.29, 1.82) is 0 Å². The Morgan fingerprint density at radius 3 is 2.69 bits per heavy atom. The molecule has 2 N–H and O–H groups in total. The molecule has 16 heavy (non-hydrogen) atoms. The van der Waals surface area contributed by atoms with Crippen LogP contribution in [-0.4, -0.2) is 29.4 Å². The maximum absolute atomic E-state index is 11.3. The van der Waals surface area contributed by atoms with E-state index in [1.165, 1.54) is 6.92 Å². The van der Waals surface area contributed by atoms with Crippen LogP contribution in [-0.2, 0) is 9.59 Å². The van der Waals surface area contributed by atoms with Crippen LogP contribution in [0.3, 0.4) is 0 Å². The first-order chi connectivity index (χ1) is 7.56. The lowest BCUT2D eigenvalue weighted by atomic mass is 10.1. The van der Waals surface area contributed by atoms with Crippen LogP contribution >= 0.6 is 0 Å². The highest BCUT2D eigenvalue weighted by Crippen LogP contribution is 2.03. The first-order valence-electron chi connectivity index (χ1n) is 5.61. The summed E-state index contributed by atoms with van der Waals surface area (Å²) in [5.41, 5.74) is 0. The number of hydrogen-bond donors (Lipinski definition) is 2. The fraction of sp³-hybridized carbons (Fsp3) is 0.667. The Morgan fingerprint density at radius 2 is 2.12 bits per heavy atom. The van der Waals surface area contributed by atoms with Gasteiger partial charge in [-0.2, -0.15) is 0 Å². The third kappa shape index (κ3) is 9.40. The van der Waals surface area contributed by atoms with E-state index in [9.17, 15) is 14.7 Å².